The predicted molar refractivity (Wildman–Crippen MR) is 88.8 cm³/mol. The molecule has 0 bridgehead atoms. The predicted octanol–water partition coefficient (Wildman–Crippen LogP) is 0.869. The van der Waals surface area contributed by atoms with Crippen LogP contribution in [0.25, 0.3) is 0 Å². The van der Waals surface area contributed by atoms with Crippen LogP contribution in [-0.2, 0) is 14.8 Å². The Balaban J connectivity index is 1.62. The molecule has 0 aromatic carbocycles. The second kappa shape index (κ2) is 8.30. The minimum Gasteiger partial charge on any atom is -0.376 e. The first-order valence-corrected chi connectivity index (χ1v) is 10.3. The molecule has 1 saturated heterocycles. The summed E-state index contributed by atoms with van der Waals surface area (Å²) in [5.41, 5.74) is 0. The number of sulfonamides is 1. The molecule has 23 heavy (non-hydrogen) atoms. The second-order valence-electron chi connectivity index (χ2n) is 6.55. The van der Waals surface area contributed by atoms with E-state index in [4.69, 9.17) is 4.74 Å². The number of nitrogens with zero attached hydrogens (tertiary/aromatic N) is 2. The lowest BCUT2D eigenvalue weighted by molar-refractivity contribution is -0.00277. The first-order valence-electron chi connectivity index (χ1n) is 8.47. The van der Waals surface area contributed by atoms with Crippen LogP contribution in [0, 0.1) is 5.92 Å². The number of ether oxygens (including phenoxy) is 1. The highest BCUT2D eigenvalue weighted by atomic mass is 32.2. The highest BCUT2D eigenvalue weighted by molar-refractivity contribution is 7.88. The van der Waals surface area contributed by atoms with Gasteiger partial charge in [-0.15, -0.1) is 0 Å². The van der Waals surface area contributed by atoms with Crippen molar-refractivity contribution in [2.24, 2.45) is 5.92 Å². The largest absolute Gasteiger partial charge is 0.376 e. The summed E-state index contributed by atoms with van der Waals surface area (Å²) in [6, 6.07) is -0.140. The molecular weight excluding hydrogens is 318 g/mol. The normalized spacial score (nSPS) is 27.0. The minimum atomic E-state index is -3.16. The van der Waals surface area contributed by atoms with Crippen molar-refractivity contribution in [2.45, 2.75) is 38.7 Å². The van der Waals surface area contributed by atoms with Crippen molar-refractivity contribution >= 4 is 16.1 Å². The summed E-state index contributed by atoms with van der Waals surface area (Å²) in [5.74, 6) is 0.600. The highest BCUT2D eigenvalue weighted by Crippen LogP contribution is 2.25. The van der Waals surface area contributed by atoms with Crippen LogP contribution in [0.2, 0.25) is 0 Å². The van der Waals surface area contributed by atoms with Crippen molar-refractivity contribution in [1.29, 1.82) is 0 Å². The summed E-state index contributed by atoms with van der Waals surface area (Å²) in [6.45, 7) is 4.84. The Hall–Kier alpha value is -0.860. The maximum absolute atomic E-state index is 12.1. The van der Waals surface area contributed by atoms with Crippen LogP contribution in [0.3, 0.4) is 0 Å². The first-order chi connectivity index (χ1) is 10.9. The van der Waals surface area contributed by atoms with E-state index in [0.717, 1.165) is 6.42 Å². The molecule has 2 aliphatic rings. The standard InChI is InChI=1S/C15H29N3O4S/c1-13-5-3-4-6-14(13)22-12-7-16-15(19)17-8-10-18(11-9-17)23(2,20)21/h13-14H,3-12H2,1-2H3,(H,16,19)/t13-,14-/m1/s1. The fraction of sp³-hybridized carbons (Fsp3) is 0.933. The van der Waals surface area contributed by atoms with Crippen LogP contribution < -0.4 is 5.32 Å². The van der Waals surface area contributed by atoms with Gasteiger partial charge in [0.1, 0.15) is 0 Å². The zero-order valence-corrected chi connectivity index (χ0v) is 15.0. The average molecular weight is 347 g/mol. The van der Waals surface area contributed by atoms with E-state index in [1.54, 1.807) is 4.90 Å². The van der Waals surface area contributed by atoms with E-state index in [1.165, 1.54) is 29.8 Å². The summed E-state index contributed by atoms with van der Waals surface area (Å²) >= 11 is 0. The molecule has 1 aliphatic carbocycles. The maximum atomic E-state index is 12.1. The molecule has 0 aromatic heterocycles. The molecule has 1 saturated carbocycles. The van der Waals surface area contributed by atoms with Gasteiger partial charge in [-0.05, 0) is 18.8 Å². The van der Waals surface area contributed by atoms with E-state index in [9.17, 15) is 13.2 Å². The van der Waals surface area contributed by atoms with Gasteiger partial charge in [-0.3, -0.25) is 0 Å². The molecule has 2 fully saturated rings. The third-order valence-electron chi connectivity index (χ3n) is 4.74. The van der Waals surface area contributed by atoms with Gasteiger partial charge in [-0.25, -0.2) is 13.2 Å². The number of urea groups is 1. The molecule has 2 amide bonds. The van der Waals surface area contributed by atoms with Gasteiger partial charge < -0.3 is 15.0 Å². The fourth-order valence-electron chi connectivity index (χ4n) is 3.23. The molecule has 1 aliphatic heterocycles. The molecule has 0 unspecified atom stereocenters. The molecule has 1 heterocycles. The zero-order valence-electron chi connectivity index (χ0n) is 14.2. The fourth-order valence-corrected chi connectivity index (χ4v) is 4.06. The van der Waals surface area contributed by atoms with Gasteiger partial charge in [0.2, 0.25) is 10.0 Å². The summed E-state index contributed by atoms with van der Waals surface area (Å²) in [5, 5.41) is 2.85. The van der Waals surface area contributed by atoms with Gasteiger partial charge in [-0.2, -0.15) is 4.31 Å². The van der Waals surface area contributed by atoms with Crippen molar-refractivity contribution in [3.8, 4) is 0 Å². The zero-order chi connectivity index (χ0) is 16.9. The van der Waals surface area contributed by atoms with Crippen molar-refractivity contribution in [3.05, 3.63) is 0 Å². The number of carbonyl (C=O) groups excluding carboxylic acids is 1. The number of hydrogen-bond donors (Lipinski definition) is 1. The van der Waals surface area contributed by atoms with Crippen LogP contribution >= 0.6 is 0 Å². The molecule has 0 aromatic rings. The molecule has 1 N–H and O–H groups in total. The molecule has 7 nitrogen and oxygen atoms in total. The minimum absolute atomic E-state index is 0.140. The number of rotatable bonds is 5. The molecule has 0 radical (unpaired) electrons. The smallest absolute Gasteiger partial charge is 0.317 e. The Morgan fingerprint density at radius 1 is 1.17 bits per heavy atom. The molecule has 8 heteroatoms. The van der Waals surface area contributed by atoms with E-state index >= 15 is 0 Å². The lowest BCUT2D eigenvalue weighted by Crippen LogP contribution is -2.53. The highest BCUT2D eigenvalue weighted by Gasteiger charge is 2.26. The van der Waals surface area contributed by atoms with Gasteiger partial charge in [0.25, 0.3) is 0 Å². The maximum Gasteiger partial charge on any atom is 0.317 e. The van der Waals surface area contributed by atoms with Gasteiger partial charge in [-0.1, -0.05) is 19.8 Å². The Labute approximate surface area is 139 Å². The van der Waals surface area contributed by atoms with E-state index in [1.807, 2.05) is 0 Å². The van der Waals surface area contributed by atoms with Crippen molar-refractivity contribution in [1.82, 2.24) is 14.5 Å². The molecule has 2 rings (SSSR count). The summed E-state index contributed by atoms with van der Waals surface area (Å²) < 4.78 is 30.2. The van der Waals surface area contributed by atoms with Crippen LogP contribution in [0.15, 0.2) is 0 Å². The van der Waals surface area contributed by atoms with E-state index < -0.39 is 10.0 Å². The van der Waals surface area contributed by atoms with Crippen LogP contribution in [-0.4, -0.2) is 75.3 Å². The van der Waals surface area contributed by atoms with Crippen molar-refractivity contribution < 1.29 is 17.9 Å². The molecule has 0 spiro atoms. The molecule has 134 valence electrons. The lowest BCUT2D eigenvalue weighted by Gasteiger charge is -2.33. The third kappa shape index (κ3) is 5.61. The second-order valence-corrected chi connectivity index (χ2v) is 8.53. The summed E-state index contributed by atoms with van der Waals surface area (Å²) in [4.78, 5) is 13.7. The van der Waals surface area contributed by atoms with E-state index in [2.05, 4.69) is 12.2 Å². The number of piperazine rings is 1. The lowest BCUT2D eigenvalue weighted by atomic mass is 9.88. The van der Waals surface area contributed by atoms with Gasteiger partial charge >= 0.3 is 6.03 Å². The first kappa shape index (κ1) is 18.5. The number of carbonyl (C=O) groups is 1. The van der Waals surface area contributed by atoms with Crippen LogP contribution in [0.5, 0.6) is 0 Å². The number of nitrogens with one attached hydrogen (secondary N) is 1. The Kier molecular flexibility index (Phi) is 6.67. The van der Waals surface area contributed by atoms with E-state index in [-0.39, 0.29) is 6.03 Å². The summed E-state index contributed by atoms with van der Waals surface area (Å²) in [6.07, 6.45) is 6.37. The quantitative estimate of drug-likeness (QED) is 0.749. The number of amides is 2. The average Bonchev–Trinajstić information content (AvgIpc) is 2.52. The number of hydrogen-bond acceptors (Lipinski definition) is 4. The monoisotopic (exact) mass is 347 g/mol. The topological polar surface area (TPSA) is 79.0 Å². The Morgan fingerprint density at radius 3 is 2.43 bits per heavy atom. The Bertz CT molecular complexity index is 489. The van der Waals surface area contributed by atoms with Crippen LogP contribution in [0.4, 0.5) is 4.79 Å². The van der Waals surface area contributed by atoms with Crippen LogP contribution in [0.1, 0.15) is 32.6 Å². The SMILES string of the molecule is C[C@@H]1CCCC[C@H]1OCCNC(=O)N1CCN(S(C)(=O)=O)CC1. The van der Waals surface area contributed by atoms with E-state index in [0.29, 0.717) is 51.4 Å². The van der Waals surface area contributed by atoms with Crippen molar-refractivity contribution in [2.75, 3.05) is 45.6 Å². The van der Waals surface area contributed by atoms with Gasteiger partial charge in [0.15, 0.2) is 0 Å². The van der Waals surface area contributed by atoms with Gasteiger partial charge in [0, 0.05) is 32.7 Å². The molecule has 2 atom stereocenters. The molecular formula is C15H29N3O4S. The Morgan fingerprint density at radius 2 is 1.83 bits per heavy atom. The summed E-state index contributed by atoms with van der Waals surface area (Å²) in [7, 11) is -3.16. The third-order valence-corrected chi connectivity index (χ3v) is 6.04. The van der Waals surface area contributed by atoms with Gasteiger partial charge in [0.05, 0.1) is 19.0 Å². The van der Waals surface area contributed by atoms with Crippen molar-refractivity contribution in [3.63, 3.8) is 0 Å².